The minimum absolute atomic E-state index is 0.101. The molecule has 2 aromatic rings. The van der Waals surface area contributed by atoms with Crippen LogP contribution in [0.2, 0.25) is 0 Å². The lowest BCUT2D eigenvalue weighted by Gasteiger charge is -2.12. The number of carbonyl (C=O) groups excluding carboxylic acids is 1. The molecular formula is C17H23N3OS. The summed E-state index contributed by atoms with van der Waals surface area (Å²) in [7, 11) is 4.07. The molecule has 0 aliphatic rings. The molecule has 118 valence electrons. The van der Waals surface area contributed by atoms with E-state index in [2.05, 4.69) is 39.8 Å². The van der Waals surface area contributed by atoms with Gasteiger partial charge in [0.1, 0.15) is 0 Å². The molecule has 0 saturated carbocycles. The van der Waals surface area contributed by atoms with Crippen molar-refractivity contribution in [2.75, 3.05) is 25.5 Å². The molecule has 0 spiro atoms. The Labute approximate surface area is 136 Å². The SMILES string of the molecule is CN(C)c1ccc(CCCNC(=O)NCc2cccs2)cc1. The van der Waals surface area contributed by atoms with Gasteiger partial charge in [0.15, 0.2) is 0 Å². The lowest BCUT2D eigenvalue weighted by atomic mass is 10.1. The number of hydrogen-bond donors (Lipinski definition) is 2. The minimum atomic E-state index is -0.101. The standard InChI is InChI=1S/C17H23N3OS/c1-20(2)15-9-7-14(8-10-15)5-3-11-18-17(21)19-13-16-6-4-12-22-16/h4,6-10,12H,3,5,11,13H2,1-2H3,(H2,18,19,21). The molecule has 0 radical (unpaired) electrons. The number of nitrogens with one attached hydrogen (secondary N) is 2. The highest BCUT2D eigenvalue weighted by atomic mass is 32.1. The summed E-state index contributed by atoms with van der Waals surface area (Å²) in [6.45, 7) is 1.28. The van der Waals surface area contributed by atoms with E-state index in [-0.39, 0.29) is 6.03 Å². The van der Waals surface area contributed by atoms with Crippen LogP contribution < -0.4 is 15.5 Å². The number of aryl methyl sites for hydroxylation is 1. The molecule has 0 fully saturated rings. The molecule has 0 aliphatic carbocycles. The number of benzene rings is 1. The highest BCUT2D eigenvalue weighted by Gasteiger charge is 2.01. The van der Waals surface area contributed by atoms with E-state index < -0.39 is 0 Å². The topological polar surface area (TPSA) is 44.4 Å². The lowest BCUT2D eigenvalue weighted by Crippen LogP contribution is -2.35. The molecule has 0 saturated heterocycles. The number of anilines is 1. The zero-order valence-corrected chi connectivity index (χ0v) is 14.0. The van der Waals surface area contributed by atoms with Gasteiger partial charge in [0.2, 0.25) is 0 Å². The molecular weight excluding hydrogens is 294 g/mol. The van der Waals surface area contributed by atoms with Crippen molar-refractivity contribution in [3.8, 4) is 0 Å². The first-order valence-corrected chi connectivity index (χ1v) is 8.33. The maximum Gasteiger partial charge on any atom is 0.315 e. The van der Waals surface area contributed by atoms with Crippen molar-refractivity contribution in [3.63, 3.8) is 0 Å². The Balaban J connectivity index is 1.61. The second-order valence-electron chi connectivity index (χ2n) is 5.35. The van der Waals surface area contributed by atoms with Gasteiger partial charge in [-0.1, -0.05) is 18.2 Å². The average molecular weight is 317 g/mol. The van der Waals surface area contributed by atoms with E-state index >= 15 is 0 Å². The molecule has 5 heteroatoms. The van der Waals surface area contributed by atoms with E-state index in [0.29, 0.717) is 13.1 Å². The highest BCUT2D eigenvalue weighted by Crippen LogP contribution is 2.13. The summed E-state index contributed by atoms with van der Waals surface area (Å²) in [5.41, 5.74) is 2.50. The van der Waals surface area contributed by atoms with Crippen LogP contribution >= 0.6 is 11.3 Å². The predicted molar refractivity (Wildman–Crippen MR) is 93.6 cm³/mol. The van der Waals surface area contributed by atoms with Crippen molar-refractivity contribution >= 4 is 23.1 Å². The van der Waals surface area contributed by atoms with Crippen molar-refractivity contribution in [2.24, 2.45) is 0 Å². The van der Waals surface area contributed by atoms with Gasteiger partial charge in [0, 0.05) is 31.2 Å². The summed E-state index contributed by atoms with van der Waals surface area (Å²) in [5, 5.41) is 7.76. The normalized spacial score (nSPS) is 10.3. The van der Waals surface area contributed by atoms with Gasteiger partial charge in [-0.15, -0.1) is 11.3 Å². The molecule has 1 heterocycles. The molecule has 0 bridgehead atoms. The first-order valence-electron chi connectivity index (χ1n) is 7.45. The van der Waals surface area contributed by atoms with Crippen molar-refractivity contribution in [3.05, 3.63) is 52.2 Å². The summed E-state index contributed by atoms with van der Waals surface area (Å²) >= 11 is 1.65. The zero-order valence-electron chi connectivity index (χ0n) is 13.1. The average Bonchev–Trinajstić information content (AvgIpc) is 3.03. The third-order valence-corrected chi connectivity index (χ3v) is 4.26. The van der Waals surface area contributed by atoms with Gasteiger partial charge >= 0.3 is 6.03 Å². The Hall–Kier alpha value is -2.01. The second-order valence-corrected chi connectivity index (χ2v) is 6.39. The van der Waals surface area contributed by atoms with Gasteiger partial charge < -0.3 is 15.5 Å². The summed E-state index contributed by atoms with van der Waals surface area (Å²) in [6, 6.07) is 12.4. The van der Waals surface area contributed by atoms with Crippen molar-refractivity contribution < 1.29 is 4.79 Å². The fourth-order valence-electron chi connectivity index (χ4n) is 2.10. The number of carbonyl (C=O) groups is 1. The van der Waals surface area contributed by atoms with Crippen LogP contribution in [0.3, 0.4) is 0 Å². The third kappa shape index (κ3) is 5.41. The second kappa shape index (κ2) is 8.44. The Kier molecular flexibility index (Phi) is 6.27. The number of rotatable bonds is 7. The van der Waals surface area contributed by atoms with Crippen LogP contribution in [-0.4, -0.2) is 26.7 Å². The van der Waals surface area contributed by atoms with Crippen molar-refractivity contribution in [2.45, 2.75) is 19.4 Å². The van der Waals surface area contributed by atoms with Gasteiger partial charge in [-0.2, -0.15) is 0 Å². The monoisotopic (exact) mass is 317 g/mol. The number of amides is 2. The molecule has 22 heavy (non-hydrogen) atoms. The molecule has 0 aliphatic heterocycles. The number of urea groups is 1. The fraction of sp³-hybridized carbons (Fsp3) is 0.353. The van der Waals surface area contributed by atoms with Crippen LogP contribution in [0.25, 0.3) is 0 Å². The quantitative estimate of drug-likeness (QED) is 0.770. The van der Waals surface area contributed by atoms with E-state index in [0.717, 1.165) is 17.7 Å². The van der Waals surface area contributed by atoms with Crippen molar-refractivity contribution in [1.29, 1.82) is 0 Å². The summed E-state index contributed by atoms with van der Waals surface area (Å²) in [5.74, 6) is 0. The summed E-state index contributed by atoms with van der Waals surface area (Å²) in [4.78, 5) is 14.9. The molecule has 2 N–H and O–H groups in total. The number of thiophene rings is 1. The molecule has 0 atom stereocenters. The maximum absolute atomic E-state index is 11.6. The van der Waals surface area contributed by atoms with Crippen LogP contribution in [0, 0.1) is 0 Å². The molecule has 2 rings (SSSR count). The van der Waals surface area contributed by atoms with Gasteiger partial charge in [-0.25, -0.2) is 4.79 Å². The van der Waals surface area contributed by atoms with Crippen LogP contribution in [0.4, 0.5) is 10.5 Å². The molecule has 2 amide bonds. The Morgan fingerprint density at radius 2 is 1.91 bits per heavy atom. The maximum atomic E-state index is 11.6. The Morgan fingerprint density at radius 1 is 1.14 bits per heavy atom. The molecule has 1 aromatic carbocycles. The first-order chi connectivity index (χ1) is 10.6. The minimum Gasteiger partial charge on any atom is -0.378 e. The summed E-state index contributed by atoms with van der Waals surface area (Å²) < 4.78 is 0. The number of hydrogen-bond acceptors (Lipinski definition) is 3. The van der Waals surface area contributed by atoms with E-state index in [1.807, 2.05) is 31.6 Å². The van der Waals surface area contributed by atoms with Gasteiger partial charge in [0.05, 0.1) is 6.54 Å². The summed E-state index contributed by atoms with van der Waals surface area (Å²) in [6.07, 6.45) is 1.91. The van der Waals surface area contributed by atoms with E-state index in [9.17, 15) is 4.79 Å². The van der Waals surface area contributed by atoms with E-state index in [1.165, 1.54) is 11.3 Å². The van der Waals surface area contributed by atoms with Gasteiger partial charge in [-0.3, -0.25) is 0 Å². The smallest absolute Gasteiger partial charge is 0.315 e. The lowest BCUT2D eigenvalue weighted by molar-refractivity contribution is 0.240. The first kappa shape index (κ1) is 16.4. The Bertz CT molecular complexity index is 564. The molecule has 1 aromatic heterocycles. The van der Waals surface area contributed by atoms with Crippen LogP contribution in [0.1, 0.15) is 16.9 Å². The molecule has 4 nitrogen and oxygen atoms in total. The van der Waals surface area contributed by atoms with Gasteiger partial charge in [-0.05, 0) is 42.0 Å². The fourth-order valence-corrected chi connectivity index (χ4v) is 2.74. The van der Waals surface area contributed by atoms with Crippen LogP contribution in [0.15, 0.2) is 41.8 Å². The van der Waals surface area contributed by atoms with Crippen LogP contribution in [-0.2, 0) is 13.0 Å². The van der Waals surface area contributed by atoms with Gasteiger partial charge in [0.25, 0.3) is 0 Å². The van der Waals surface area contributed by atoms with Crippen LogP contribution in [0.5, 0.6) is 0 Å². The largest absolute Gasteiger partial charge is 0.378 e. The molecule has 0 unspecified atom stereocenters. The third-order valence-electron chi connectivity index (χ3n) is 3.38. The van der Waals surface area contributed by atoms with E-state index in [4.69, 9.17) is 0 Å². The zero-order chi connectivity index (χ0) is 15.8. The van der Waals surface area contributed by atoms with Crippen molar-refractivity contribution in [1.82, 2.24) is 10.6 Å². The van der Waals surface area contributed by atoms with E-state index in [1.54, 1.807) is 11.3 Å². The number of nitrogens with zero attached hydrogens (tertiary/aromatic N) is 1. The Morgan fingerprint density at radius 3 is 2.55 bits per heavy atom. The highest BCUT2D eigenvalue weighted by molar-refractivity contribution is 7.09. The predicted octanol–water partition coefficient (Wildman–Crippen LogP) is 3.25.